The molecule has 1 N–H and O–H groups in total. The van der Waals surface area contributed by atoms with Gasteiger partial charge < -0.3 is 9.88 Å². The van der Waals surface area contributed by atoms with E-state index in [1.807, 2.05) is 48.9 Å². The van der Waals surface area contributed by atoms with Gasteiger partial charge >= 0.3 is 0 Å². The molecule has 2 heterocycles. The van der Waals surface area contributed by atoms with E-state index in [9.17, 15) is 4.79 Å². The molecule has 3 aromatic rings. The number of carbonyl (C=O) groups is 1. The van der Waals surface area contributed by atoms with Crippen LogP contribution in [0, 0.1) is 6.92 Å². The Kier molecular flexibility index (Phi) is 5.32. The molecule has 1 aromatic carbocycles. The van der Waals surface area contributed by atoms with E-state index in [0.29, 0.717) is 5.75 Å². The average molecular weight is 358 g/mol. The summed E-state index contributed by atoms with van der Waals surface area (Å²) in [6.07, 6.45) is 0.761. The number of hydrogen-bond acceptors (Lipinski definition) is 5. The van der Waals surface area contributed by atoms with Crippen LogP contribution in [0.15, 0.2) is 46.9 Å². The fraction of sp³-hybridized carbons (Fsp3) is 0.235. The Bertz CT molecular complexity index is 827. The number of benzene rings is 1. The molecule has 0 radical (unpaired) electrons. The lowest BCUT2D eigenvalue weighted by Gasteiger charge is -2.06. The number of rotatable bonds is 6. The van der Waals surface area contributed by atoms with Crippen molar-refractivity contribution >= 4 is 34.7 Å². The van der Waals surface area contributed by atoms with Gasteiger partial charge in [-0.2, -0.15) is 0 Å². The lowest BCUT2D eigenvalue weighted by molar-refractivity contribution is -0.113. The first-order chi connectivity index (χ1) is 11.6. The molecular weight excluding hydrogens is 340 g/mol. The number of nitrogens with zero attached hydrogens (tertiary/aromatic N) is 3. The SMILES string of the molecule is Cc1cccc(NC(=O)CSc2nnc(Cc3cccs3)n2C)c1. The predicted molar refractivity (Wildman–Crippen MR) is 98.7 cm³/mol. The summed E-state index contributed by atoms with van der Waals surface area (Å²) in [5.41, 5.74) is 1.93. The van der Waals surface area contributed by atoms with Crippen molar-refractivity contribution in [2.24, 2.45) is 7.05 Å². The van der Waals surface area contributed by atoms with Gasteiger partial charge in [0.15, 0.2) is 5.16 Å². The fourth-order valence-electron chi connectivity index (χ4n) is 2.24. The Hall–Kier alpha value is -2.12. The number of nitrogens with one attached hydrogen (secondary N) is 1. The van der Waals surface area contributed by atoms with Gasteiger partial charge in [0.2, 0.25) is 5.91 Å². The maximum absolute atomic E-state index is 12.1. The van der Waals surface area contributed by atoms with Crippen molar-refractivity contribution in [3.05, 3.63) is 58.0 Å². The zero-order valence-corrected chi connectivity index (χ0v) is 15.2. The Morgan fingerprint density at radius 3 is 2.92 bits per heavy atom. The summed E-state index contributed by atoms with van der Waals surface area (Å²) in [5, 5.41) is 14.1. The molecule has 24 heavy (non-hydrogen) atoms. The highest BCUT2D eigenvalue weighted by Crippen LogP contribution is 2.19. The smallest absolute Gasteiger partial charge is 0.234 e. The summed E-state index contributed by atoms with van der Waals surface area (Å²) >= 11 is 3.10. The van der Waals surface area contributed by atoms with Crippen LogP contribution in [0.4, 0.5) is 5.69 Å². The maximum Gasteiger partial charge on any atom is 0.234 e. The van der Waals surface area contributed by atoms with Crippen LogP contribution < -0.4 is 5.32 Å². The van der Waals surface area contributed by atoms with E-state index < -0.39 is 0 Å². The van der Waals surface area contributed by atoms with Crippen LogP contribution in [0.25, 0.3) is 0 Å². The molecule has 5 nitrogen and oxygen atoms in total. The molecule has 0 aliphatic heterocycles. The topological polar surface area (TPSA) is 59.8 Å². The maximum atomic E-state index is 12.1. The van der Waals surface area contributed by atoms with E-state index in [1.54, 1.807) is 11.3 Å². The van der Waals surface area contributed by atoms with Crippen LogP contribution in [0.5, 0.6) is 0 Å². The number of hydrogen-bond donors (Lipinski definition) is 1. The van der Waals surface area contributed by atoms with E-state index in [0.717, 1.165) is 28.7 Å². The summed E-state index contributed by atoms with van der Waals surface area (Å²) in [6, 6.07) is 11.9. The van der Waals surface area contributed by atoms with Crippen molar-refractivity contribution in [3.63, 3.8) is 0 Å². The molecule has 0 unspecified atom stereocenters. The van der Waals surface area contributed by atoms with E-state index in [4.69, 9.17) is 0 Å². The van der Waals surface area contributed by atoms with Gasteiger partial charge in [0.05, 0.1) is 5.75 Å². The van der Waals surface area contributed by atoms with Gasteiger partial charge in [0.25, 0.3) is 0 Å². The third kappa shape index (κ3) is 4.24. The molecule has 0 aliphatic rings. The van der Waals surface area contributed by atoms with Crippen molar-refractivity contribution in [1.82, 2.24) is 14.8 Å². The number of aryl methyl sites for hydroxylation is 1. The lowest BCUT2D eigenvalue weighted by Crippen LogP contribution is -2.14. The molecule has 1 amide bonds. The minimum atomic E-state index is -0.0478. The second-order valence-corrected chi connectivity index (χ2v) is 7.40. The molecule has 0 saturated heterocycles. The fourth-order valence-corrected chi connectivity index (χ4v) is 3.68. The first-order valence-corrected chi connectivity index (χ1v) is 9.38. The molecule has 124 valence electrons. The van der Waals surface area contributed by atoms with Gasteiger partial charge in [0.1, 0.15) is 5.82 Å². The van der Waals surface area contributed by atoms with Crippen molar-refractivity contribution in [1.29, 1.82) is 0 Å². The average Bonchev–Trinajstić information content (AvgIpc) is 3.17. The highest BCUT2D eigenvalue weighted by molar-refractivity contribution is 7.99. The highest BCUT2D eigenvalue weighted by atomic mass is 32.2. The third-order valence-electron chi connectivity index (χ3n) is 3.47. The van der Waals surface area contributed by atoms with Crippen LogP contribution in [0.2, 0.25) is 0 Å². The van der Waals surface area contributed by atoms with Crippen LogP contribution in [-0.2, 0) is 18.3 Å². The predicted octanol–water partition coefficient (Wildman–Crippen LogP) is 3.51. The second-order valence-electron chi connectivity index (χ2n) is 5.42. The standard InChI is InChI=1S/C17H18N4OS2/c1-12-5-3-6-13(9-12)18-16(22)11-24-17-20-19-15(21(17)2)10-14-7-4-8-23-14/h3-9H,10-11H2,1-2H3,(H,18,22). The number of thioether (sulfide) groups is 1. The van der Waals surface area contributed by atoms with Crippen LogP contribution in [-0.4, -0.2) is 26.4 Å². The third-order valence-corrected chi connectivity index (χ3v) is 5.37. The summed E-state index contributed by atoms with van der Waals surface area (Å²) < 4.78 is 1.95. The molecule has 3 rings (SSSR count). The minimum absolute atomic E-state index is 0.0478. The van der Waals surface area contributed by atoms with Crippen LogP contribution in [0.3, 0.4) is 0 Å². The minimum Gasteiger partial charge on any atom is -0.325 e. The van der Waals surface area contributed by atoms with Crippen molar-refractivity contribution in [3.8, 4) is 0 Å². The van der Waals surface area contributed by atoms with Gasteiger partial charge in [-0.15, -0.1) is 21.5 Å². The van der Waals surface area contributed by atoms with E-state index in [1.165, 1.54) is 16.6 Å². The molecule has 0 atom stereocenters. The lowest BCUT2D eigenvalue weighted by atomic mass is 10.2. The molecular formula is C17H18N4OS2. The quantitative estimate of drug-likeness (QED) is 0.685. The number of anilines is 1. The molecule has 0 aliphatic carbocycles. The van der Waals surface area contributed by atoms with Crippen molar-refractivity contribution in [2.45, 2.75) is 18.5 Å². The van der Waals surface area contributed by atoms with Gasteiger partial charge in [-0.25, -0.2) is 0 Å². The zero-order valence-electron chi connectivity index (χ0n) is 13.5. The second kappa shape index (κ2) is 7.63. The summed E-state index contributed by atoms with van der Waals surface area (Å²) in [4.78, 5) is 13.3. The molecule has 0 saturated carbocycles. The van der Waals surface area contributed by atoms with Crippen LogP contribution in [0.1, 0.15) is 16.3 Å². The van der Waals surface area contributed by atoms with E-state index in [-0.39, 0.29) is 5.91 Å². The normalized spacial score (nSPS) is 10.8. The van der Waals surface area contributed by atoms with E-state index in [2.05, 4.69) is 27.0 Å². The van der Waals surface area contributed by atoms with Gasteiger partial charge in [0, 0.05) is 24.0 Å². The van der Waals surface area contributed by atoms with Crippen LogP contribution >= 0.6 is 23.1 Å². The van der Waals surface area contributed by atoms with Crippen molar-refractivity contribution in [2.75, 3.05) is 11.1 Å². The Balaban J connectivity index is 1.56. The number of carbonyl (C=O) groups excluding carboxylic acids is 1. The largest absolute Gasteiger partial charge is 0.325 e. The first-order valence-electron chi connectivity index (χ1n) is 7.52. The Morgan fingerprint density at radius 1 is 1.29 bits per heavy atom. The molecule has 0 spiro atoms. The first kappa shape index (κ1) is 16.7. The van der Waals surface area contributed by atoms with Gasteiger partial charge in [-0.05, 0) is 36.1 Å². The molecule has 7 heteroatoms. The van der Waals surface area contributed by atoms with Crippen molar-refractivity contribution < 1.29 is 4.79 Å². The summed E-state index contributed by atoms with van der Waals surface area (Å²) in [6.45, 7) is 2.00. The molecule has 2 aromatic heterocycles. The Labute approximate surface area is 149 Å². The summed E-state index contributed by atoms with van der Waals surface area (Å²) in [7, 11) is 1.93. The molecule has 0 fully saturated rings. The highest BCUT2D eigenvalue weighted by Gasteiger charge is 2.12. The van der Waals surface area contributed by atoms with E-state index >= 15 is 0 Å². The molecule has 0 bridgehead atoms. The number of aromatic nitrogens is 3. The van der Waals surface area contributed by atoms with Gasteiger partial charge in [-0.1, -0.05) is 30.0 Å². The Morgan fingerprint density at radius 2 is 2.17 bits per heavy atom. The zero-order chi connectivity index (χ0) is 16.9. The summed E-state index contributed by atoms with van der Waals surface area (Å²) in [5.74, 6) is 1.16. The monoisotopic (exact) mass is 358 g/mol. The number of amides is 1. The number of thiophene rings is 1. The van der Waals surface area contributed by atoms with Gasteiger partial charge in [-0.3, -0.25) is 4.79 Å².